The minimum absolute atomic E-state index is 0.429. The molecule has 2 bridgehead atoms. The van der Waals surface area contributed by atoms with E-state index in [4.69, 9.17) is 0 Å². The molecule has 0 aromatic heterocycles. The van der Waals surface area contributed by atoms with E-state index in [1.54, 1.807) is 6.42 Å². The van der Waals surface area contributed by atoms with Crippen LogP contribution in [0.15, 0.2) is 0 Å². The minimum Gasteiger partial charge on any atom is -0.303 e. The van der Waals surface area contributed by atoms with Gasteiger partial charge in [-0.1, -0.05) is 6.42 Å². The molecule has 0 aromatic carbocycles. The molecule has 4 unspecified atom stereocenters. The average molecular weight is 211 g/mol. The van der Waals surface area contributed by atoms with Crippen molar-refractivity contribution in [3.05, 3.63) is 0 Å². The second-order valence-corrected chi connectivity index (χ2v) is 7.06. The molecule has 3 fully saturated rings. The Morgan fingerprint density at radius 2 is 2.21 bits per heavy atom. The lowest BCUT2D eigenvalue weighted by atomic mass is 9.83. The molecule has 1 saturated heterocycles. The van der Waals surface area contributed by atoms with E-state index in [1.807, 2.05) is 0 Å². The number of fused-ring (bicyclic) bond motifs is 2. The first kappa shape index (κ1) is 9.53. The summed E-state index contributed by atoms with van der Waals surface area (Å²) < 4.78 is 0. The van der Waals surface area contributed by atoms with Gasteiger partial charge in [0.1, 0.15) is 0 Å². The lowest BCUT2D eigenvalue weighted by molar-refractivity contribution is 0.233. The predicted molar refractivity (Wildman–Crippen MR) is 62.4 cm³/mol. The van der Waals surface area contributed by atoms with Crippen LogP contribution in [0.5, 0.6) is 0 Å². The van der Waals surface area contributed by atoms with Crippen LogP contribution in [0.3, 0.4) is 0 Å². The summed E-state index contributed by atoms with van der Waals surface area (Å²) in [4.78, 5) is 0.429. The summed E-state index contributed by atoms with van der Waals surface area (Å²) in [6.07, 6.45) is 7.47. The largest absolute Gasteiger partial charge is 0.303 e. The summed E-state index contributed by atoms with van der Waals surface area (Å²) in [6, 6.07) is 0. The van der Waals surface area contributed by atoms with Crippen molar-refractivity contribution in [2.24, 2.45) is 17.8 Å². The van der Waals surface area contributed by atoms with Gasteiger partial charge in [-0.2, -0.15) is 0 Å². The van der Waals surface area contributed by atoms with Gasteiger partial charge in [-0.25, -0.2) is 0 Å². The molecule has 2 saturated carbocycles. The van der Waals surface area contributed by atoms with Crippen LogP contribution >= 0.6 is 11.8 Å². The van der Waals surface area contributed by atoms with Crippen molar-refractivity contribution in [3.8, 4) is 0 Å². The van der Waals surface area contributed by atoms with Gasteiger partial charge in [-0.15, -0.1) is 11.8 Å². The average Bonchev–Trinajstić information content (AvgIpc) is 2.80. The van der Waals surface area contributed by atoms with Gasteiger partial charge >= 0.3 is 0 Å². The highest BCUT2D eigenvalue weighted by atomic mass is 32.2. The van der Waals surface area contributed by atoms with Gasteiger partial charge in [-0.3, -0.25) is 0 Å². The number of hydrogen-bond acceptors (Lipinski definition) is 2. The molecule has 1 aliphatic heterocycles. The normalized spacial score (nSPS) is 52.5. The van der Waals surface area contributed by atoms with E-state index in [0.29, 0.717) is 4.87 Å². The first-order valence-corrected chi connectivity index (χ1v) is 7.15. The number of rotatable bonds is 1. The van der Waals surface area contributed by atoms with Crippen molar-refractivity contribution in [1.29, 1.82) is 0 Å². The molecule has 0 amide bonds. The topological polar surface area (TPSA) is 12.0 Å². The van der Waals surface area contributed by atoms with E-state index < -0.39 is 0 Å². The Kier molecular flexibility index (Phi) is 2.32. The lowest BCUT2D eigenvalue weighted by Crippen LogP contribution is -2.50. The number of thioether (sulfide) groups is 1. The highest BCUT2D eigenvalue weighted by molar-refractivity contribution is 8.00. The molecule has 1 heterocycles. The Morgan fingerprint density at radius 3 is 2.79 bits per heavy atom. The molecule has 4 atom stereocenters. The standard InChI is InChI=1S/C12H21NS/c1-12(13-5-2-6-14-12)11-8-9-3-4-10(11)7-9/h9-11,13H,2-8H2,1H3. The van der Waals surface area contributed by atoms with Gasteiger partial charge in [0.2, 0.25) is 0 Å². The molecule has 2 heteroatoms. The fourth-order valence-corrected chi connectivity index (χ4v) is 5.32. The van der Waals surface area contributed by atoms with E-state index in [1.165, 1.54) is 38.0 Å². The molecule has 1 nitrogen and oxygen atoms in total. The van der Waals surface area contributed by atoms with Crippen molar-refractivity contribution in [3.63, 3.8) is 0 Å². The molecule has 0 spiro atoms. The van der Waals surface area contributed by atoms with Crippen molar-refractivity contribution >= 4 is 11.8 Å². The van der Waals surface area contributed by atoms with E-state index in [-0.39, 0.29) is 0 Å². The number of hydrogen-bond donors (Lipinski definition) is 1. The van der Waals surface area contributed by atoms with Crippen LogP contribution in [0.1, 0.15) is 39.0 Å². The van der Waals surface area contributed by atoms with Crippen LogP contribution in [0.2, 0.25) is 0 Å². The second-order valence-electron chi connectivity index (χ2n) is 5.52. The van der Waals surface area contributed by atoms with Crippen LogP contribution in [0.25, 0.3) is 0 Å². The maximum absolute atomic E-state index is 3.79. The minimum atomic E-state index is 0.429. The Morgan fingerprint density at radius 1 is 1.29 bits per heavy atom. The van der Waals surface area contributed by atoms with Gasteiger partial charge < -0.3 is 5.32 Å². The van der Waals surface area contributed by atoms with Gasteiger partial charge in [0, 0.05) is 0 Å². The first-order chi connectivity index (χ1) is 6.78. The third kappa shape index (κ3) is 1.42. The zero-order valence-electron chi connectivity index (χ0n) is 9.09. The summed E-state index contributed by atoms with van der Waals surface area (Å²) in [5.41, 5.74) is 0. The molecule has 1 N–H and O–H groups in total. The first-order valence-electron chi connectivity index (χ1n) is 6.17. The van der Waals surface area contributed by atoms with Crippen molar-refractivity contribution in [2.75, 3.05) is 12.3 Å². The van der Waals surface area contributed by atoms with Gasteiger partial charge in [-0.05, 0) is 62.7 Å². The zero-order chi connectivity index (χ0) is 9.60. The Bertz CT molecular complexity index is 222. The second kappa shape index (κ2) is 3.41. The highest BCUT2D eigenvalue weighted by Crippen LogP contribution is 2.55. The van der Waals surface area contributed by atoms with E-state index in [9.17, 15) is 0 Å². The molecular weight excluding hydrogens is 190 g/mol. The Labute approximate surface area is 91.4 Å². The fraction of sp³-hybridized carbons (Fsp3) is 1.00. The van der Waals surface area contributed by atoms with Crippen LogP contribution in [0, 0.1) is 17.8 Å². The summed E-state index contributed by atoms with van der Waals surface area (Å²) >= 11 is 2.19. The summed E-state index contributed by atoms with van der Waals surface area (Å²) in [7, 11) is 0. The molecule has 3 rings (SSSR count). The van der Waals surface area contributed by atoms with Crippen LogP contribution in [0.4, 0.5) is 0 Å². The molecule has 80 valence electrons. The molecular formula is C12H21NS. The van der Waals surface area contributed by atoms with Crippen molar-refractivity contribution in [1.82, 2.24) is 5.32 Å². The highest BCUT2D eigenvalue weighted by Gasteiger charge is 2.48. The SMILES string of the molecule is CC1(C2CC3CCC2C3)NCCCS1. The van der Waals surface area contributed by atoms with E-state index in [0.717, 1.165) is 17.8 Å². The molecule has 3 aliphatic rings. The summed E-state index contributed by atoms with van der Waals surface area (Å²) in [6.45, 7) is 3.71. The fourth-order valence-electron chi connectivity index (χ4n) is 3.90. The lowest BCUT2D eigenvalue weighted by Gasteiger charge is -2.43. The van der Waals surface area contributed by atoms with Crippen LogP contribution in [-0.2, 0) is 0 Å². The Hall–Kier alpha value is 0.310. The predicted octanol–water partition coefficient (Wildman–Crippen LogP) is 2.87. The maximum atomic E-state index is 3.79. The molecule has 0 radical (unpaired) electrons. The maximum Gasteiger partial charge on any atom is 0.0647 e. The van der Waals surface area contributed by atoms with Gasteiger partial charge in [0.05, 0.1) is 4.87 Å². The molecule has 0 aromatic rings. The van der Waals surface area contributed by atoms with Gasteiger partial charge in [0.25, 0.3) is 0 Å². The third-order valence-corrected chi connectivity index (χ3v) is 6.18. The molecule has 2 aliphatic carbocycles. The van der Waals surface area contributed by atoms with E-state index in [2.05, 4.69) is 24.0 Å². The van der Waals surface area contributed by atoms with E-state index >= 15 is 0 Å². The van der Waals surface area contributed by atoms with Gasteiger partial charge in [0.15, 0.2) is 0 Å². The quantitative estimate of drug-likeness (QED) is 0.716. The van der Waals surface area contributed by atoms with Crippen molar-refractivity contribution < 1.29 is 0 Å². The van der Waals surface area contributed by atoms with Crippen LogP contribution < -0.4 is 5.32 Å². The smallest absolute Gasteiger partial charge is 0.0647 e. The van der Waals surface area contributed by atoms with Crippen molar-refractivity contribution in [2.45, 2.75) is 43.9 Å². The zero-order valence-corrected chi connectivity index (χ0v) is 9.91. The summed E-state index contributed by atoms with van der Waals surface area (Å²) in [5.74, 6) is 4.50. The summed E-state index contributed by atoms with van der Waals surface area (Å²) in [5, 5.41) is 3.79. The number of nitrogens with one attached hydrogen (secondary N) is 1. The molecule has 14 heavy (non-hydrogen) atoms. The van der Waals surface area contributed by atoms with Crippen LogP contribution in [-0.4, -0.2) is 17.2 Å². The third-order valence-electron chi connectivity index (χ3n) is 4.64. The Balaban J connectivity index is 1.74. The monoisotopic (exact) mass is 211 g/mol.